The van der Waals surface area contributed by atoms with E-state index < -0.39 is 0 Å². The zero-order valence-electron chi connectivity index (χ0n) is 15.2. The summed E-state index contributed by atoms with van der Waals surface area (Å²) in [4.78, 5) is 20.6. The monoisotopic (exact) mass is 387 g/mol. The number of aromatic nitrogens is 1. The molecule has 2 atom stereocenters. The quantitative estimate of drug-likeness (QED) is 0.760. The van der Waals surface area contributed by atoms with Crippen LogP contribution in [0.4, 0.5) is 10.6 Å². The van der Waals surface area contributed by atoms with Gasteiger partial charge in [-0.3, -0.25) is 4.90 Å². The number of carbonyl (C=O) groups is 1. The second-order valence-electron chi connectivity index (χ2n) is 6.85. The minimum absolute atomic E-state index is 0.0476. The van der Waals surface area contributed by atoms with Crippen LogP contribution in [-0.2, 0) is 11.2 Å². The smallest absolute Gasteiger partial charge is 0.410 e. The van der Waals surface area contributed by atoms with Gasteiger partial charge in [-0.05, 0) is 42.7 Å². The molecule has 1 aromatic carbocycles. The fourth-order valence-electron chi connectivity index (χ4n) is 3.79. The normalized spacial score (nSPS) is 21.3. The molecule has 2 fully saturated rings. The maximum absolute atomic E-state index is 12.3. The Kier molecular flexibility index (Phi) is 5.07. The van der Waals surface area contributed by atoms with Crippen molar-refractivity contribution in [3.05, 3.63) is 53.2 Å². The largest absolute Gasteiger partial charge is 0.497 e. The maximum atomic E-state index is 12.3. The van der Waals surface area contributed by atoms with Crippen molar-refractivity contribution in [2.24, 2.45) is 0 Å². The molecule has 1 aromatic heterocycles. The Morgan fingerprint density at radius 1 is 1.26 bits per heavy atom. The van der Waals surface area contributed by atoms with Gasteiger partial charge in [-0.1, -0.05) is 23.7 Å². The highest BCUT2D eigenvalue weighted by Crippen LogP contribution is 2.32. The fourth-order valence-corrected chi connectivity index (χ4v) is 4.03. The molecular weight excluding hydrogens is 366 g/mol. The van der Waals surface area contributed by atoms with Crippen molar-refractivity contribution in [1.82, 2.24) is 9.88 Å². The summed E-state index contributed by atoms with van der Waals surface area (Å²) < 4.78 is 10.8. The third kappa shape index (κ3) is 3.67. The summed E-state index contributed by atoms with van der Waals surface area (Å²) in [5.41, 5.74) is 1.23. The van der Waals surface area contributed by atoms with Gasteiger partial charge in [0.25, 0.3) is 0 Å². The molecule has 0 bridgehead atoms. The van der Waals surface area contributed by atoms with Gasteiger partial charge in [-0.25, -0.2) is 9.78 Å². The highest BCUT2D eigenvalue weighted by atomic mass is 35.5. The van der Waals surface area contributed by atoms with E-state index in [4.69, 9.17) is 21.1 Å². The lowest BCUT2D eigenvalue weighted by molar-refractivity contribution is 0.135. The molecule has 27 heavy (non-hydrogen) atoms. The number of amides is 1. The number of aryl methyl sites for hydroxylation is 1. The molecule has 2 aliphatic heterocycles. The Hall–Kier alpha value is -2.47. The molecule has 0 saturated carbocycles. The summed E-state index contributed by atoms with van der Waals surface area (Å²) in [6.45, 7) is 1.99. The lowest BCUT2D eigenvalue weighted by Gasteiger charge is -2.23. The van der Waals surface area contributed by atoms with Gasteiger partial charge in [0.05, 0.1) is 24.7 Å². The Bertz CT molecular complexity index is 814. The van der Waals surface area contributed by atoms with Gasteiger partial charge in [0.1, 0.15) is 17.7 Å². The van der Waals surface area contributed by atoms with Gasteiger partial charge in [0.15, 0.2) is 0 Å². The molecule has 3 heterocycles. The minimum atomic E-state index is -0.216. The van der Waals surface area contributed by atoms with Crippen molar-refractivity contribution in [2.45, 2.75) is 25.0 Å². The Morgan fingerprint density at radius 3 is 2.81 bits per heavy atom. The van der Waals surface area contributed by atoms with Crippen LogP contribution in [0.25, 0.3) is 0 Å². The van der Waals surface area contributed by atoms with E-state index in [0.717, 1.165) is 24.4 Å². The molecule has 0 N–H and O–H groups in total. The van der Waals surface area contributed by atoms with Crippen LogP contribution in [0.5, 0.6) is 5.75 Å². The molecule has 0 unspecified atom stereocenters. The van der Waals surface area contributed by atoms with Gasteiger partial charge in [0, 0.05) is 19.3 Å². The first-order valence-electron chi connectivity index (χ1n) is 9.11. The highest BCUT2D eigenvalue weighted by Gasteiger charge is 2.47. The lowest BCUT2D eigenvalue weighted by Crippen LogP contribution is -2.38. The molecule has 7 heteroatoms. The second kappa shape index (κ2) is 7.64. The zero-order chi connectivity index (χ0) is 18.8. The Labute approximate surface area is 163 Å². The van der Waals surface area contributed by atoms with Gasteiger partial charge >= 0.3 is 6.09 Å². The molecule has 2 aliphatic rings. The predicted octanol–water partition coefficient (Wildman–Crippen LogP) is 3.39. The van der Waals surface area contributed by atoms with Crippen LogP contribution in [0.2, 0.25) is 5.02 Å². The molecular formula is C20H22ClN3O3. The molecule has 2 saturated heterocycles. The van der Waals surface area contributed by atoms with Crippen molar-refractivity contribution in [1.29, 1.82) is 0 Å². The van der Waals surface area contributed by atoms with Crippen LogP contribution in [0, 0.1) is 0 Å². The average Bonchev–Trinajstić information content (AvgIpc) is 3.21. The van der Waals surface area contributed by atoms with Crippen LogP contribution >= 0.6 is 11.6 Å². The van der Waals surface area contributed by atoms with Gasteiger partial charge in [-0.15, -0.1) is 0 Å². The van der Waals surface area contributed by atoms with Crippen molar-refractivity contribution in [2.75, 3.05) is 31.6 Å². The number of hydrogen-bond acceptors (Lipinski definition) is 5. The van der Waals surface area contributed by atoms with Gasteiger partial charge in [-0.2, -0.15) is 0 Å². The van der Waals surface area contributed by atoms with E-state index in [0.29, 0.717) is 24.7 Å². The first-order valence-corrected chi connectivity index (χ1v) is 9.49. The molecule has 1 amide bonds. The molecule has 2 aromatic rings. The molecule has 142 valence electrons. The Balaban J connectivity index is 1.36. The number of halogens is 1. The summed E-state index contributed by atoms with van der Waals surface area (Å²) in [6, 6.07) is 11.7. The van der Waals surface area contributed by atoms with E-state index in [2.05, 4.69) is 22.0 Å². The standard InChI is InChI=1S/C20H22ClN3O3/c1-26-15-8-6-14(7-9-15)4-3-11-24-17-12-23(13-18(17)27-20(24)25)19-16(21)5-2-10-22-19/h2,5-10,17-18H,3-4,11-13H2,1H3/t17-,18+/m0/s1. The summed E-state index contributed by atoms with van der Waals surface area (Å²) in [5, 5.41) is 0.620. The average molecular weight is 388 g/mol. The fraction of sp³-hybridized carbons (Fsp3) is 0.400. The summed E-state index contributed by atoms with van der Waals surface area (Å²) in [7, 11) is 1.66. The van der Waals surface area contributed by atoms with E-state index in [9.17, 15) is 4.79 Å². The van der Waals surface area contributed by atoms with E-state index in [-0.39, 0.29) is 18.2 Å². The molecule has 0 spiro atoms. The maximum Gasteiger partial charge on any atom is 0.410 e. The number of hydrogen-bond donors (Lipinski definition) is 0. The summed E-state index contributed by atoms with van der Waals surface area (Å²) >= 11 is 6.26. The second-order valence-corrected chi connectivity index (χ2v) is 7.26. The van der Waals surface area contributed by atoms with E-state index in [1.54, 1.807) is 13.3 Å². The van der Waals surface area contributed by atoms with Crippen LogP contribution in [0.15, 0.2) is 42.6 Å². The van der Waals surface area contributed by atoms with Crippen molar-refractivity contribution in [3.8, 4) is 5.75 Å². The highest BCUT2D eigenvalue weighted by molar-refractivity contribution is 6.32. The lowest BCUT2D eigenvalue weighted by atomic mass is 10.1. The third-order valence-electron chi connectivity index (χ3n) is 5.19. The summed E-state index contributed by atoms with van der Waals surface area (Å²) in [5.74, 6) is 1.60. The van der Waals surface area contributed by atoms with Crippen molar-refractivity contribution in [3.63, 3.8) is 0 Å². The number of anilines is 1. The van der Waals surface area contributed by atoms with Crippen molar-refractivity contribution < 1.29 is 14.3 Å². The summed E-state index contributed by atoms with van der Waals surface area (Å²) in [6.07, 6.45) is 3.17. The van der Waals surface area contributed by atoms with Crippen LogP contribution in [-0.4, -0.2) is 54.9 Å². The van der Waals surface area contributed by atoms with Gasteiger partial charge in [0.2, 0.25) is 0 Å². The topological polar surface area (TPSA) is 54.9 Å². The van der Waals surface area contributed by atoms with Crippen LogP contribution in [0.3, 0.4) is 0 Å². The number of ether oxygens (including phenoxy) is 2. The molecule has 0 aliphatic carbocycles. The van der Waals surface area contributed by atoms with Crippen LogP contribution < -0.4 is 9.64 Å². The molecule has 4 rings (SSSR count). The number of pyridine rings is 1. The molecule has 6 nitrogen and oxygen atoms in total. The number of benzene rings is 1. The first-order chi connectivity index (χ1) is 13.2. The number of nitrogens with zero attached hydrogens (tertiary/aromatic N) is 3. The van der Waals surface area contributed by atoms with E-state index in [1.807, 2.05) is 29.2 Å². The van der Waals surface area contributed by atoms with Gasteiger partial charge < -0.3 is 14.4 Å². The third-order valence-corrected chi connectivity index (χ3v) is 5.48. The first kappa shape index (κ1) is 17.9. The predicted molar refractivity (Wildman–Crippen MR) is 104 cm³/mol. The number of fused-ring (bicyclic) bond motifs is 1. The number of carbonyl (C=O) groups excluding carboxylic acids is 1. The Morgan fingerprint density at radius 2 is 2.07 bits per heavy atom. The van der Waals surface area contributed by atoms with Crippen LogP contribution in [0.1, 0.15) is 12.0 Å². The number of methoxy groups -OCH3 is 1. The van der Waals surface area contributed by atoms with E-state index in [1.165, 1.54) is 5.56 Å². The zero-order valence-corrected chi connectivity index (χ0v) is 15.9. The van der Waals surface area contributed by atoms with Crippen molar-refractivity contribution >= 4 is 23.5 Å². The minimum Gasteiger partial charge on any atom is -0.497 e. The van der Waals surface area contributed by atoms with E-state index >= 15 is 0 Å². The molecule has 0 radical (unpaired) electrons. The SMILES string of the molecule is COc1ccc(CCCN2C(=O)O[C@@H]3CN(c4ncccc4Cl)C[C@@H]32)cc1. The number of rotatable bonds is 6.